The summed E-state index contributed by atoms with van der Waals surface area (Å²) in [5, 5.41) is 9.70. The van der Waals surface area contributed by atoms with E-state index in [4.69, 9.17) is 0 Å². The Bertz CT molecular complexity index is 297. The van der Waals surface area contributed by atoms with E-state index in [2.05, 4.69) is 18.0 Å². The maximum Gasteiger partial charge on any atom is 0.0690 e. The Labute approximate surface area is 72.6 Å². The maximum atomic E-state index is 9.70. The first-order chi connectivity index (χ1) is 5.59. The molecule has 0 radical (unpaired) electrons. The van der Waals surface area contributed by atoms with Gasteiger partial charge in [-0.25, -0.2) is 0 Å². The fourth-order valence-corrected chi connectivity index (χ4v) is 1.64. The number of aromatic amines is 1. The van der Waals surface area contributed by atoms with Crippen LogP contribution in [-0.4, -0.2) is 15.7 Å². The van der Waals surface area contributed by atoms with Crippen LogP contribution in [0.5, 0.6) is 0 Å². The van der Waals surface area contributed by atoms with Crippen molar-refractivity contribution in [2.75, 3.05) is 0 Å². The van der Waals surface area contributed by atoms with Crippen LogP contribution in [0, 0.1) is 13.8 Å². The first-order valence-corrected chi connectivity index (χ1v) is 4.47. The van der Waals surface area contributed by atoms with E-state index in [9.17, 15) is 5.11 Å². The van der Waals surface area contributed by atoms with E-state index in [1.54, 1.807) is 0 Å². The molecule has 1 heterocycles. The molecular formula is C10H15NO. The third-order valence-corrected chi connectivity index (χ3v) is 2.60. The molecule has 2 nitrogen and oxygen atoms in total. The first-order valence-electron chi connectivity index (χ1n) is 4.47. The molecule has 2 N–H and O–H groups in total. The molecular weight excluding hydrogens is 150 g/mol. The third-order valence-electron chi connectivity index (χ3n) is 2.60. The standard InChI is InChI=1S/C10H15NO/c1-7-5-9(8(2)11-7)6-10(12)3-4-10/h5,11-12H,3-4,6H2,1-2H3. The fraction of sp³-hybridized carbons (Fsp3) is 0.600. The van der Waals surface area contributed by atoms with Crippen LogP contribution in [0.2, 0.25) is 0 Å². The summed E-state index contributed by atoms with van der Waals surface area (Å²) in [5.41, 5.74) is 3.30. The molecule has 1 fully saturated rings. The van der Waals surface area contributed by atoms with E-state index < -0.39 is 0 Å². The van der Waals surface area contributed by atoms with Gasteiger partial charge in [0, 0.05) is 17.8 Å². The molecule has 12 heavy (non-hydrogen) atoms. The molecule has 2 heteroatoms. The predicted octanol–water partition coefficient (Wildman–Crippen LogP) is 1.70. The summed E-state index contributed by atoms with van der Waals surface area (Å²) < 4.78 is 0. The number of nitrogens with one attached hydrogen (secondary N) is 1. The van der Waals surface area contributed by atoms with Crippen LogP contribution in [-0.2, 0) is 6.42 Å². The van der Waals surface area contributed by atoms with Gasteiger partial charge in [0.25, 0.3) is 0 Å². The molecule has 1 aromatic rings. The highest BCUT2D eigenvalue weighted by atomic mass is 16.3. The van der Waals surface area contributed by atoms with Crippen LogP contribution in [0.25, 0.3) is 0 Å². The highest BCUT2D eigenvalue weighted by Gasteiger charge is 2.40. The molecule has 1 saturated carbocycles. The number of aromatic nitrogens is 1. The zero-order valence-corrected chi connectivity index (χ0v) is 7.65. The molecule has 0 unspecified atom stereocenters. The Morgan fingerprint density at radius 3 is 2.58 bits per heavy atom. The Morgan fingerprint density at radius 1 is 1.50 bits per heavy atom. The highest BCUT2D eigenvalue weighted by molar-refractivity contribution is 5.27. The predicted molar refractivity (Wildman–Crippen MR) is 48.2 cm³/mol. The fourth-order valence-electron chi connectivity index (χ4n) is 1.64. The van der Waals surface area contributed by atoms with E-state index in [1.807, 2.05) is 6.92 Å². The van der Waals surface area contributed by atoms with Gasteiger partial charge < -0.3 is 10.1 Å². The summed E-state index contributed by atoms with van der Waals surface area (Å²) in [6.07, 6.45) is 2.76. The largest absolute Gasteiger partial charge is 0.390 e. The van der Waals surface area contributed by atoms with Crippen LogP contribution in [0.15, 0.2) is 6.07 Å². The van der Waals surface area contributed by atoms with Crippen LogP contribution in [0.4, 0.5) is 0 Å². The topological polar surface area (TPSA) is 36.0 Å². The number of aliphatic hydroxyl groups is 1. The molecule has 0 atom stereocenters. The van der Waals surface area contributed by atoms with E-state index >= 15 is 0 Å². The quantitative estimate of drug-likeness (QED) is 0.687. The van der Waals surface area contributed by atoms with Crippen molar-refractivity contribution < 1.29 is 5.11 Å². The van der Waals surface area contributed by atoms with E-state index in [0.717, 1.165) is 19.3 Å². The third kappa shape index (κ3) is 1.39. The van der Waals surface area contributed by atoms with Gasteiger partial charge >= 0.3 is 0 Å². The van der Waals surface area contributed by atoms with Crippen LogP contribution < -0.4 is 0 Å². The zero-order valence-electron chi connectivity index (χ0n) is 7.65. The maximum absolute atomic E-state index is 9.70. The number of hydrogen-bond donors (Lipinski definition) is 2. The van der Waals surface area contributed by atoms with Gasteiger partial charge in [0.15, 0.2) is 0 Å². The van der Waals surface area contributed by atoms with Gasteiger partial charge in [-0.1, -0.05) is 0 Å². The van der Waals surface area contributed by atoms with Crippen molar-refractivity contribution in [2.45, 2.75) is 38.7 Å². The molecule has 2 rings (SSSR count). The van der Waals surface area contributed by atoms with Gasteiger partial charge in [-0.15, -0.1) is 0 Å². The first kappa shape index (κ1) is 7.87. The zero-order chi connectivity index (χ0) is 8.77. The Morgan fingerprint density at radius 2 is 2.17 bits per heavy atom. The van der Waals surface area contributed by atoms with Crippen molar-refractivity contribution >= 4 is 0 Å². The van der Waals surface area contributed by atoms with Crippen LogP contribution in [0.1, 0.15) is 29.8 Å². The lowest BCUT2D eigenvalue weighted by Crippen LogP contribution is -2.10. The Hall–Kier alpha value is -0.760. The van der Waals surface area contributed by atoms with Crippen molar-refractivity contribution in [1.29, 1.82) is 0 Å². The van der Waals surface area contributed by atoms with Crippen molar-refractivity contribution in [2.24, 2.45) is 0 Å². The molecule has 0 amide bonds. The van der Waals surface area contributed by atoms with E-state index in [0.29, 0.717) is 0 Å². The molecule has 0 aliphatic heterocycles. The van der Waals surface area contributed by atoms with Crippen LogP contribution >= 0.6 is 0 Å². The SMILES string of the molecule is Cc1cc(CC2(O)CC2)c(C)[nH]1. The van der Waals surface area contributed by atoms with Gasteiger partial charge in [-0.05, 0) is 38.3 Å². The molecule has 0 saturated heterocycles. The smallest absolute Gasteiger partial charge is 0.0690 e. The Kier molecular flexibility index (Phi) is 1.55. The summed E-state index contributed by atoms with van der Waals surface area (Å²) in [6.45, 7) is 4.11. The molecule has 1 aliphatic rings. The summed E-state index contributed by atoms with van der Waals surface area (Å²) in [4.78, 5) is 3.25. The minimum absolute atomic E-state index is 0.362. The summed E-state index contributed by atoms with van der Waals surface area (Å²) >= 11 is 0. The lowest BCUT2D eigenvalue weighted by Gasteiger charge is -2.05. The van der Waals surface area contributed by atoms with Gasteiger partial charge in [0.05, 0.1) is 5.60 Å². The lowest BCUT2D eigenvalue weighted by molar-refractivity contribution is 0.151. The highest BCUT2D eigenvalue weighted by Crippen LogP contribution is 2.38. The van der Waals surface area contributed by atoms with Gasteiger partial charge in [-0.3, -0.25) is 0 Å². The molecule has 0 bridgehead atoms. The summed E-state index contributed by atoms with van der Waals surface area (Å²) in [5.74, 6) is 0. The minimum atomic E-state index is -0.362. The summed E-state index contributed by atoms with van der Waals surface area (Å²) in [7, 11) is 0. The van der Waals surface area contributed by atoms with Gasteiger partial charge in [0.1, 0.15) is 0 Å². The lowest BCUT2D eigenvalue weighted by atomic mass is 10.1. The molecule has 66 valence electrons. The van der Waals surface area contributed by atoms with E-state index in [1.165, 1.54) is 17.0 Å². The number of aryl methyl sites for hydroxylation is 2. The average Bonchev–Trinajstić information content (AvgIpc) is 2.58. The molecule has 1 aromatic heterocycles. The second kappa shape index (κ2) is 2.36. The molecule has 0 spiro atoms. The molecule has 0 aromatic carbocycles. The van der Waals surface area contributed by atoms with Crippen molar-refractivity contribution in [1.82, 2.24) is 4.98 Å². The second-order valence-electron chi connectivity index (χ2n) is 4.00. The number of H-pyrrole nitrogens is 1. The average molecular weight is 165 g/mol. The van der Waals surface area contributed by atoms with Crippen molar-refractivity contribution in [3.8, 4) is 0 Å². The van der Waals surface area contributed by atoms with Crippen LogP contribution in [0.3, 0.4) is 0 Å². The van der Waals surface area contributed by atoms with Gasteiger partial charge in [0.2, 0.25) is 0 Å². The summed E-state index contributed by atoms with van der Waals surface area (Å²) in [6, 6.07) is 2.13. The van der Waals surface area contributed by atoms with Crippen molar-refractivity contribution in [3.63, 3.8) is 0 Å². The minimum Gasteiger partial charge on any atom is -0.390 e. The van der Waals surface area contributed by atoms with Gasteiger partial charge in [-0.2, -0.15) is 0 Å². The normalized spacial score (nSPS) is 19.6. The number of rotatable bonds is 2. The number of hydrogen-bond acceptors (Lipinski definition) is 1. The monoisotopic (exact) mass is 165 g/mol. The Balaban J connectivity index is 2.17. The van der Waals surface area contributed by atoms with E-state index in [-0.39, 0.29) is 5.60 Å². The second-order valence-corrected chi connectivity index (χ2v) is 4.00. The molecule has 1 aliphatic carbocycles. The van der Waals surface area contributed by atoms with Crippen molar-refractivity contribution in [3.05, 3.63) is 23.0 Å².